The normalized spacial score (nSPS) is 12.9. The highest BCUT2D eigenvalue weighted by Gasteiger charge is 2.23. The van der Waals surface area contributed by atoms with E-state index in [1.807, 2.05) is 59.4 Å². The molecule has 5 heterocycles. The maximum atomic E-state index is 5.99. The predicted molar refractivity (Wildman–Crippen MR) is 119 cm³/mol. The van der Waals surface area contributed by atoms with E-state index in [4.69, 9.17) is 9.84 Å². The Morgan fingerprint density at radius 3 is 2.74 bits per heavy atom. The molecule has 0 radical (unpaired) electrons. The Hall–Kier alpha value is -3.93. The summed E-state index contributed by atoms with van der Waals surface area (Å²) in [5, 5.41) is 4.89. The molecule has 6 nitrogen and oxygen atoms in total. The zero-order chi connectivity index (χ0) is 20.6. The predicted octanol–water partition coefficient (Wildman–Crippen LogP) is 4.79. The minimum Gasteiger partial charge on any atom is -0.487 e. The van der Waals surface area contributed by atoms with E-state index in [0.29, 0.717) is 6.61 Å². The van der Waals surface area contributed by atoms with Crippen molar-refractivity contribution in [1.29, 1.82) is 0 Å². The molecule has 0 aliphatic carbocycles. The molecule has 0 saturated carbocycles. The number of fused-ring (bicyclic) bond motifs is 2. The molecule has 31 heavy (non-hydrogen) atoms. The van der Waals surface area contributed by atoms with Crippen molar-refractivity contribution in [1.82, 2.24) is 24.1 Å². The highest BCUT2D eigenvalue weighted by Crippen LogP contribution is 2.37. The standard InChI is InChI=1S/C25H21N5O/c1-2-13-29-16-20(27-23(29)7-1)17-31-21-10-8-18(9-11-21)24-22-6-4-14-30(22)28-25(24)19-5-3-12-26-15-19/h1-3,5,7-13,15-16H,4,6,14,17H2. The summed E-state index contributed by atoms with van der Waals surface area (Å²) in [6, 6.07) is 18.3. The Morgan fingerprint density at radius 2 is 1.90 bits per heavy atom. The fourth-order valence-corrected chi connectivity index (χ4v) is 4.27. The fraction of sp³-hybridized carbons (Fsp3) is 0.160. The lowest BCUT2D eigenvalue weighted by Gasteiger charge is -2.08. The molecule has 0 atom stereocenters. The van der Waals surface area contributed by atoms with E-state index in [-0.39, 0.29) is 0 Å². The van der Waals surface area contributed by atoms with Crippen molar-refractivity contribution < 1.29 is 4.74 Å². The minimum absolute atomic E-state index is 0.436. The van der Waals surface area contributed by atoms with Crippen LogP contribution in [0.4, 0.5) is 0 Å². The van der Waals surface area contributed by atoms with Crippen molar-refractivity contribution in [3.05, 3.63) is 90.8 Å². The first kappa shape index (κ1) is 17.9. The number of aromatic nitrogens is 5. The van der Waals surface area contributed by atoms with Crippen molar-refractivity contribution in [2.45, 2.75) is 26.0 Å². The number of ether oxygens (including phenoxy) is 1. The number of aryl methyl sites for hydroxylation is 1. The van der Waals surface area contributed by atoms with Crippen LogP contribution in [0.2, 0.25) is 0 Å². The number of nitrogens with zero attached hydrogens (tertiary/aromatic N) is 5. The van der Waals surface area contributed by atoms with E-state index in [2.05, 4.69) is 32.8 Å². The highest BCUT2D eigenvalue weighted by molar-refractivity contribution is 5.83. The topological polar surface area (TPSA) is 57.2 Å². The van der Waals surface area contributed by atoms with Crippen molar-refractivity contribution in [2.75, 3.05) is 0 Å². The van der Waals surface area contributed by atoms with Gasteiger partial charge in [0.05, 0.1) is 5.69 Å². The molecule has 6 heteroatoms. The lowest BCUT2D eigenvalue weighted by Crippen LogP contribution is -1.95. The SMILES string of the molecule is c1cncc(-c2nn3c(c2-c2ccc(OCc4cn5ccccc5n4)cc2)CCC3)c1. The van der Waals surface area contributed by atoms with Crippen LogP contribution >= 0.6 is 0 Å². The van der Waals surface area contributed by atoms with Crippen LogP contribution in [0.15, 0.2) is 79.4 Å². The Kier molecular flexibility index (Phi) is 4.27. The van der Waals surface area contributed by atoms with Crippen LogP contribution in [0.5, 0.6) is 5.75 Å². The summed E-state index contributed by atoms with van der Waals surface area (Å²) in [7, 11) is 0. The lowest BCUT2D eigenvalue weighted by atomic mass is 9.98. The van der Waals surface area contributed by atoms with E-state index in [1.54, 1.807) is 6.20 Å². The summed E-state index contributed by atoms with van der Waals surface area (Å²) in [5.41, 5.74) is 7.54. The fourth-order valence-electron chi connectivity index (χ4n) is 4.27. The third-order valence-electron chi connectivity index (χ3n) is 5.72. The van der Waals surface area contributed by atoms with Gasteiger partial charge in [-0.15, -0.1) is 0 Å². The Balaban J connectivity index is 1.27. The first-order valence-electron chi connectivity index (χ1n) is 10.5. The molecule has 0 unspecified atom stereocenters. The van der Waals surface area contributed by atoms with Gasteiger partial charge in [0.2, 0.25) is 0 Å². The third kappa shape index (κ3) is 3.26. The van der Waals surface area contributed by atoms with Crippen LogP contribution in [0.3, 0.4) is 0 Å². The van der Waals surface area contributed by atoms with E-state index in [0.717, 1.165) is 53.3 Å². The summed E-state index contributed by atoms with van der Waals surface area (Å²) in [4.78, 5) is 8.88. The molecule has 4 aromatic heterocycles. The van der Waals surface area contributed by atoms with Gasteiger partial charge in [0.1, 0.15) is 23.7 Å². The van der Waals surface area contributed by atoms with E-state index >= 15 is 0 Å². The number of hydrogen-bond acceptors (Lipinski definition) is 4. The highest BCUT2D eigenvalue weighted by atomic mass is 16.5. The molecule has 1 aliphatic rings. The maximum absolute atomic E-state index is 5.99. The smallest absolute Gasteiger partial charge is 0.137 e. The molecule has 6 rings (SSSR count). The van der Waals surface area contributed by atoms with Crippen LogP contribution in [-0.4, -0.2) is 24.1 Å². The Labute approximate surface area is 179 Å². The molecule has 1 aromatic carbocycles. The third-order valence-corrected chi connectivity index (χ3v) is 5.72. The summed E-state index contributed by atoms with van der Waals surface area (Å²) in [6.07, 6.45) is 9.86. The molecular formula is C25H21N5O. The summed E-state index contributed by atoms with van der Waals surface area (Å²) >= 11 is 0. The van der Waals surface area contributed by atoms with Gasteiger partial charge >= 0.3 is 0 Å². The zero-order valence-electron chi connectivity index (χ0n) is 17.0. The molecule has 0 fully saturated rings. The molecule has 1 aliphatic heterocycles. The van der Waals surface area contributed by atoms with Gasteiger partial charge in [-0.3, -0.25) is 9.67 Å². The van der Waals surface area contributed by atoms with Gasteiger partial charge in [-0.2, -0.15) is 5.10 Å². The van der Waals surface area contributed by atoms with Gasteiger partial charge in [-0.1, -0.05) is 18.2 Å². The van der Waals surface area contributed by atoms with Crippen molar-refractivity contribution in [3.63, 3.8) is 0 Å². The second-order valence-electron chi connectivity index (χ2n) is 7.75. The molecule has 0 bridgehead atoms. The van der Waals surface area contributed by atoms with Crippen LogP contribution in [-0.2, 0) is 19.6 Å². The summed E-state index contributed by atoms with van der Waals surface area (Å²) in [5.74, 6) is 0.826. The average Bonchev–Trinajstić information content (AvgIpc) is 3.52. The molecule has 5 aromatic rings. The number of hydrogen-bond donors (Lipinski definition) is 0. The molecule has 152 valence electrons. The Bertz CT molecular complexity index is 1320. The van der Waals surface area contributed by atoms with Gasteiger partial charge in [-0.05, 0) is 54.8 Å². The summed E-state index contributed by atoms with van der Waals surface area (Å²) < 4.78 is 10.1. The first-order valence-corrected chi connectivity index (χ1v) is 10.5. The maximum Gasteiger partial charge on any atom is 0.137 e. The molecule has 0 saturated heterocycles. The number of imidazole rings is 1. The zero-order valence-corrected chi connectivity index (χ0v) is 17.0. The number of pyridine rings is 2. The second-order valence-corrected chi connectivity index (χ2v) is 7.75. The van der Waals surface area contributed by atoms with Crippen molar-refractivity contribution in [2.24, 2.45) is 0 Å². The average molecular weight is 407 g/mol. The van der Waals surface area contributed by atoms with Gasteiger partial charge in [-0.25, -0.2) is 4.98 Å². The van der Waals surface area contributed by atoms with Crippen LogP contribution in [0, 0.1) is 0 Å². The quantitative estimate of drug-likeness (QED) is 0.421. The minimum atomic E-state index is 0.436. The van der Waals surface area contributed by atoms with E-state index < -0.39 is 0 Å². The van der Waals surface area contributed by atoms with Gasteiger partial charge in [0.15, 0.2) is 0 Å². The van der Waals surface area contributed by atoms with Gasteiger partial charge in [0, 0.05) is 48.2 Å². The number of rotatable bonds is 5. The second kappa shape index (κ2) is 7.40. The van der Waals surface area contributed by atoms with E-state index in [1.165, 1.54) is 11.3 Å². The van der Waals surface area contributed by atoms with Crippen LogP contribution in [0.25, 0.3) is 28.0 Å². The number of benzene rings is 1. The van der Waals surface area contributed by atoms with Gasteiger partial charge < -0.3 is 9.14 Å². The van der Waals surface area contributed by atoms with Gasteiger partial charge in [0.25, 0.3) is 0 Å². The van der Waals surface area contributed by atoms with Crippen molar-refractivity contribution in [3.8, 4) is 28.1 Å². The molecule has 0 N–H and O–H groups in total. The molecule has 0 spiro atoms. The van der Waals surface area contributed by atoms with E-state index in [9.17, 15) is 0 Å². The molecular weight excluding hydrogens is 386 g/mol. The lowest BCUT2D eigenvalue weighted by molar-refractivity contribution is 0.302. The van der Waals surface area contributed by atoms with Crippen LogP contribution < -0.4 is 4.74 Å². The Morgan fingerprint density at radius 1 is 0.968 bits per heavy atom. The summed E-state index contributed by atoms with van der Waals surface area (Å²) in [6.45, 7) is 1.41. The molecule has 0 amide bonds. The monoisotopic (exact) mass is 407 g/mol. The first-order chi connectivity index (χ1) is 15.3. The van der Waals surface area contributed by atoms with Crippen LogP contribution in [0.1, 0.15) is 17.8 Å². The van der Waals surface area contributed by atoms with Crippen molar-refractivity contribution >= 4 is 5.65 Å². The largest absolute Gasteiger partial charge is 0.487 e.